The molecule has 3 atom stereocenters. The summed E-state index contributed by atoms with van der Waals surface area (Å²) in [6.45, 7) is 2.42. The maximum atomic E-state index is 10.1. The van der Waals surface area contributed by atoms with Gasteiger partial charge in [0.05, 0.1) is 0 Å². The van der Waals surface area contributed by atoms with Crippen molar-refractivity contribution in [1.29, 1.82) is 0 Å². The number of fused-ring (bicyclic) bond motifs is 1. The van der Waals surface area contributed by atoms with Crippen molar-refractivity contribution in [2.24, 2.45) is 5.92 Å². The number of phenolic OH excluding ortho intramolecular Hbond substituents is 1. The van der Waals surface area contributed by atoms with Crippen LogP contribution in [0.15, 0.2) is 35.7 Å². The molecule has 0 radical (unpaired) electrons. The Hall–Kier alpha value is -1.32. The molecule has 2 heterocycles. The van der Waals surface area contributed by atoms with E-state index in [4.69, 9.17) is 0 Å². The molecule has 132 valence electrons. The first kappa shape index (κ1) is 15.9. The monoisotopic (exact) mass is 353 g/mol. The molecule has 2 aliphatic carbocycles. The number of likely N-dealkylation sites (tertiary alicyclic amines) is 1. The third-order valence-electron chi connectivity index (χ3n) is 7.16. The van der Waals surface area contributed by atoms with Crippen LogP contribution in [0.3, 0.4) is 0 Å². The van der Waals surface area contributed by atoms with E-state index in [0.717, 1.165) is 5.92 Å². The van der Waals surface area contributed by atoms with Gasteiger partial charge in [-0.1, -0.05) is 25.0 Å². The average Bonchev–Trinajstić information content (AvgIpc) is 3.15. The Labute approximate surface area is 154 Å². The van der Waals surface area contributed by atoms with Gasteiger partial charge in [-0.05, 0) is 79.3 Å². The Kier molecular flexibility index (Phi) is 3.90. The lowest BCUT2D eigenvalue weighted by atomic mass is 9.52. The molecule has 2 aromatic rings. The zero-order valence-electron chi connectivity index (χ0n) is 14.8. The lowest BCUT2D eigenvalue weighted by Crippen LogP contribution is -2.61. The fourth-order valence-electron chi connectivity index (χ4n) is 6.06. The first-order chi connectivity index (χ1) is 12.3. The predicted octanol–water partition coefficient (Wildman–Crippen LogP) is 4.75. The zero-order valence-corrected chi connectivity index (χ0v) is 15.6. The average molecular weight is 354 g/mol. The van der Waals surface area contributed by atoms with Crippen LogP contribution in [0.25, 0.3) is 0 Å². The summed E-state index contributed by atoms with van der Waals surface area (Å²) >= 11 is 1.89. The minimum Gasteiger partial charge on any atom is -0.508 e. The molecule has 0 unspecified atom stereocenters. The van der Waals surface area contributed by atoms with Crippen molar-refractivity contribution in [2.75, 3.05) is 13.1 Å². The molecule has 3 heteroatoms. The number of nitrogens with zero attached hydrogens (tertiary/aromatic N) is 1. The third-order valence-corrected chi connectivity index (χ3v) is 8.10. The Morgan fingerprint density at radius 3 is 3.04 bits per heavy atom. The van der Waals surface area contributed by atoms with E-state index in [1.165, 1.54) is 74.0 Å². The molecule has 2 nitrogen and oxygen atoms in total. The SMILES string of the molecule is Oc1ccc2c(c1)[C@]13CCCC[C@H]1[C@@H](C2)N(CCc1cccs1)CC3. The van der Waals surface area contributed by atoms with Crippen molar-refractivity contribution in [1.82, 2.24) is 4.90 Å². The summed E-state index contributed by atoms with van der Waals surface area (Å²) in [5.74, 6) is 1.24. The maximum absolute atomic E-state index is 10.1. The fourth-order valence-corrected chi connectivity index (χ4v) is 6.76. The van der Waals surface area contributed by atoms with Gasteiger partial charge in [-0.3, -0.25) is 4.90 Å². The van der Waals surface area contributed by atoms with E-state index in [2.05, 4.69) is 34.5 Å². The summed E-state index contributed by atoms with van der Waals surface area (Å²) in [5.41, 5.74) is 3.34. The number of piperidine rings is 1. The summed E-state index contributed by atoms with van der Waals surface area (Å²) in [7, 11) is 0. The van der Waals surface area contributed by atoms with Crippen molar-refractivity contribution in [2.45, 2.75) is 56.4 Å². The summed E-state index contributed by atoms with van der Waals surface area (Å²) in [6, 6.07) is 11.3. The molecule has 1 saturated carbocycles. The smallest absolute Gasteiger partial charge is 0.115 e. The van der Waals surface area contributed by atoms with E-state index in [9.17, 15) is 5.11 Å². The number of hydrogen-bond donors (Lipinski definition) is 1. The van der Waals surface area contributed by atoms with Gasteiger partial charge < -0.3 is 5.11 Å². The Balaban J connectivity index is 1.47. The zero-order chi connectivity index (χ0) is 16.9. The van der Waals surface area contributed by atoms with Gasteiger partial charge in [0.1, 0.15) is 5.75 Å². The predicted molar refractivity (Wildman–Crippen MR) is 103 cm³/mol. The van der Waals surface area contributed by atoms with Crippen molar-refractivity contribution in [3.05, 3.63) is 51.7 Å². The first-order valence-electron chi connectivity index (χ1n) is 9.85. The molecule has 1 N–H and O–H groups in total. The Morgan fingerprint density at radius 2 is 2.16 bits per heavy atom. The molecule has 2 bridgehead atoms. The summed E-state index contributed by atoms with van der Waals surface area (Å²) in [5, 5.41) is 12.3. The van der Waals surface area contributed by atoms with E-state index in [-0.39, 0.29) is 0 Å². The number of hydrogen-bond acceptors (Lipinski definition) is 3. The van der Waals surface area contributed by atoms with Crippen molar-refractivity contribution >= 4 is 11.3 Å². The molecule has 3 aliphatic rings. The van der Waals surface area contributed by atoms with Crippen LogP contribution in [-0.2, 0) is 18.3 Å². The van der Waals surface area contributed by atoms with Gasteiger partial charge in [0.15, 0.2) is 0 Å². The summed E-state index contributed by atoms with van der Waals surface area (Å²) in [6.07, 6.45) is 9.07. The van der Waals surface area contributed by atoms with Crippen molar-refractivity contribution in [3.63, 3.8) is 0 Å². The second-order valence-electron chi connectivity index (χ2n) is 8.24. The lowest BCUT2D eigenvalue weighted by molar-refractivity contribution is -0.0106. The molecule has 1 aromatic heterocycles. The largest absolute Gasteiger partial charge is 0.508 e. The minimum absolute atomic E-state index is 0.342. The van der Waals surface area contributed by atoms with Gasteiger partial charge in [-0.2, -0.15) is 0 Å². The first-order valence-corrected chi connectivity index (χ1v) is 10.7. The van der Waals surface area contributed by atoms with Crippen LogP contribution in [0.5, 0.6) is 5.75 Å². The molecular weight excluding hydrogens is 326 g/mol. The van der Waals surface area contributed by atoms with Crippen molar-refractivity contribution in [3.8, 4) is 5.75 Å². The normalized spacial score (nSPS) is 31.4. The summed E-state index contributed by atoms with van der Waals surface area (Å²) in [4.78, 5) is 4.31. The van der Waals surface area contributed by atoms with Gasteiger partial charge in [0, 0.05) is 22.9 Å². The van der Waals surface area contributed by atoms with Crippen LogP contribution in [0.4, 0.5) is 0 Å². The molecule has 5 rings (SSSR count). The van der Waals surface area contributed by atoms with Crippen LogP contribution < -0.4 is 0 Å². The maximum Gasteiger partial charge on any atom is 0.115 e. The summed E-state index contributed by atoms with van der Waals surface area (Å²) < 4.78 is 0. The van der Waals surface area contributed by atoms with Gasteiger partial charge in [0.25, 0.3) is 0 Å². The molecule has 1 aromatic carbocycles. The van der Waals surface area contributed by atoms with Crippen LogP contribution in [0.1, 0.15) is 48.1 Å². The van der Waals surface area contributed by atoms with E-state index in [1.807, 2.05) is 17.4 Å². The molecule has 2 fully saturated rings. The Morgan fingerprint density at radius 1 is 1.20 bits per heavy atom. The number of aromatic hydroxyl groups is 1. The van der Waals surface area contributed by atoms with Gasteiger partial charge >= 0.3 is 0 Å². The van der Waals surface area contributed by atoms with Crippen LogP contribution in [-0.4, -0.2) is 29.1 Å². The van der Waals surface area contributed by atoms with Crippen molar-refractivity contribution < 1.29 is 5.11 Å². The molecule has 0 amide bonds. The van der Waals surface area contributed by atoms with Gasteiger partial charge in [0.2, 0.25) is 0 Å². The Bertz CT molecular complexity index is 755. The second kappa shape index (κ2) is 6.14. The molecular formula is C22H27NOS. The topological polar surface area (TPSA) is 23.5 Å². The number of thiophene rings is 1. The highest BCUT2D eigenvalue weighted by atomic mass is 32.1. The number of rotatable bonds is 3. The standard InChI is InChI=1S/C22H27NOS/c24-17-7-6-16-14-21-19-5-1-2-9-22(19,20(16)15-17)10-12-23(21)11-8-18-4-3-13-25-18/h3-4,6-7,13,15,19,21,24H,1-2,5,8-12,14H2/t19-,21+,22-/m0/s1. The molecule has 25 heavy (non-hydrogen) atoms. The molecule has 1 aliphatic heterocycles. The van der Waals surface area contributed by atoms with E-state index in [1.54, 1.807) is 0 Å². The van der Waals surface area contributed by atoms with E-state index >= 15 is 0 Å². The van der Waals surface area contributed by atoms with E-state index < -0.39 is 0 Å². The van der Waals surface area contributed by atoms with Gasteiger partial charge in [-0.15, -0.1) is 11.3 Å². The highest BCUT2D eigenvalue weighted by Crippen LogP contribution is 2.56. The highest BCUT2D eigenvalue weighted by molar-refractivity contribution is 7.09. The lowest BCUT2D eigenvalue weighted by Gasteiger charge is -2.59. The minimum atomic E-state index is 0.342. The van der Waals surface area contributed by atoms with E-state index in [0.29, 0.717) is 17.2 Å². The molecule has 1 saturated heterocycles. The van der Waals surface area contributed by atoms with Crippen LogP contribution in [0.2, 0.25) is 0 Å². The highest BCUT2D eigenvalue weighted by Gasteiger charge is 2.53. The van der Waals surface area contributed by atoms with Gasteiger partial charge in [-0.25, -0.2) is 0 Å². The van der Waals surface area contributed by atoms with Crippen LogP contribution >= 0.6 is 11.3 Å². The molecule has 0 spiro atoms. The number of benzene rings is 1. The number of phenols is 1. The second-order valence-corrected chi connectivity index (χ2v) is 9.27. The third kappa shape index (κ3) is 2.55. The van der Waals surface area contributed by atoms with Crippen LogP contribution in [0, 0.1) is 5.92 Å². The fraction of sp³-hybridized carbons (Fsp3) is 0.545. The quantitative estimate of drug-likeness (QED) is 0.860.